The molecular weight excluding hydrogens is 504 g/mol. The number of hydrogen-bond acceptors (Lipinski definition) is 5. The van der Waals surface area contributed by atoms with E-state index in [-0.39, 0.29) is 45.0 Å². The van der Waals surface area contributed by atoms with Crippen LogP contribution in [0.3, 0.4) is 0 Å². The highest BCUT2D eigenvalue weighted by molar-refractivity contribution is 5.93. The standard InChI is InChI=1S/C32H34N4O4.H2/c1-24-13-15-27(16-14-24)40-28-10-7-18-35(22-28)32(38)23-36-21-26(20-33-36)34-31(37)17-19-39-30-12-6-5-11-29(30)25-8-3-2-4-9-25;/h2-6,8-9,11-16,20-21,26,28H,7,10,17-19,22-23H2,1H3;1H/p+1. The van der Waals surface area contributed by atoms with Gasteiger partial charge in [0.05, 0.1) is 19.6 Å². The Balaban J connectivity index is 0.00000387. The second-order valence-corrected chi connectivity index (χ2v) is 10.1. The number of rotatable bonds is 10. The van der Waals surface area contributed by atoms with E-state index >= 15 is 0 Å². The lowest BCUT2D eigenvalue weighted by Crippen LogP contribution is -2.46. The average Bonchev–Trinajstić information content (AvgIpc) is 3.41. The number of carbonyl (C=O) groups is 2. The molecule has 0 spiro atoms. The average molecular weight is 542 g/mol. The molecule has 2 amide bonds. The molecule has 3 aromatic carbocycles. The van der Waals surface area contributed by atoms with Crippen molar-refractivity contribution in [2.75, 3.05) is 26.2 Å². The number of hydrogen-bond donors (Lipinski definition) is 1. The molecule has 8 nitrogen and oxygen atoms in total. The zero-order valence-electron chi connectivity index (χ0n) is 22.7. The Kier molecular flexibility index (Phi) is 8.86. The van der Waals surface area contributed by atoms with Crippen LogP contribution in [0.4, 0.5) is 0 Å². The van der Waals surface area contributed by atoms with Crippen molar-refractivity contribution >= 4 is 24.2 Å². The van der Waals surface area contributed by atoms with Crippen LogP contribution >= 0.6 is 0 Å². The molecule has 2 heterocycles. The maximum atomic E-state index is 13.0. The topological polar surface area (TPSA) is 83.2 Å². The number of hydrazone groups is 1. The van der Waals surface area contributed by atoms with Crippen molar-refractivity contribution in [3.05, 3.63) is 84.4 Å². The lowest BCUT2D eigenvalue weighted by Gasteiger charge is -2.32. The number of amides is 2. The predicted octanol–water partition coefficient (Wildman–Crippen LogP) is 4.31. The summed E-state index contributed by atoms with van der Waals surface area (Å²) in [4.78, 5) is 27.3. The third-order valence-corrected chi connectivity index (χ3v) is 6.95. The summed E-state index contributed by atoms with van der Waals surface area (Å²) in [6, 6.07) is 25.4. The Hall–Kier alpha value is -4.46. The van der Waals surface area contributed by atoms with Crippen LogP contribution in [-0.4, -0.2) is 72.2 Å². The van der Waals surface area contributed by atoms with E-state index in [0.29, 0.717) is 13.1 Å². The van der Waals surface area contributed by atoms with E-state index in [1.165, 1.54) is 5.56 Å². The molecule has 8 heteroatoms. The minimum Gasteiger partial charge on any atom is -0.492 e. The summed E-state index contributed by atoms with van der Waals surface area (Å²) in [6.07, 6.45) is 5.38. The minimum absolute atomic E-state index is 0. The Morgan fingerprint density at radius 2 is 1.82 bits per heavy atom. The van der Waals surface area contributed by atoms with Gasteiger partial charge in [0.1, 0.15) is 23.8 Å². The highest BCUT2D eigenvalue weighted by atomic mass is 16.5. The number of nitrogens with zero attached hydrogens (tertiary/aromatic N) is 3. The van der Waals surface area contributed by atoms with Gasteiger partial charge in [0.15, 0.2) is 6.04 Å². The summed E-state index contributed by atoms with van der Waals surface area (Å²) in [7, 11) is 0. The first-order chi connectivity index (χ1) is 19.5. The van der Waals surface area contributed by atoms with E-state index in [1.807, 2.05) is 90.7 Å². The first kappa shape index (κ1) is 27.1. The SMILES string of the molecule is Cc1ccc(OC2CCCN(C(=O)C[N+]3=CC(NC(=O)CCOc4ccccc4-c4ccccc4)C=N3)C2)cc1.[HH]. The van der Waals surface area contributed by atoms with Gasteiger partial charge >= 0.3 is 0 Å². The molecule has 5 rings (SSSR count). The van der Waals surface area contributed by atoms with Gasteiger partial charge in [0.25, 0.3) is 12.5 Å². The fourth-order valence-electron chi connectivity index (χ4n) is 4.86. The molecule has 2 aliphatic heterocycles. The summed E-state index contributed by atoms with van der Waals surface area (Å²) in [5.74, 6) is 1.41. The van der Waals surface area contributed by atoms with Crippen LogP contribution in [0.25, 0.3) is 11.1 Å². The molecule has 3 aromatic rings. The molecule has 2 unspecified atom stereocenters. The fourth-order valence-corrected chi connectivity index (χ4v) is 4.86. The van der Waals surface area contributed by atoms with Gasteiger partial charge in [-0.1, -0.05) is 70.9 Å². The van der Waals surface area contributed by atoms with Gasteiger partial charge in [-0.2, -0.15) is 0 Å². The Morgan fingerprint density at radius 1 is 1.05 bits per heavy atom. The summed E-state index contributed by atoms with van der Waals surface area (Å²) >= 11 is 0. The third kappa shape index (κ3) is 7.34. The van der Waals surface area contributed by atoms with Crippen LogP contribution < -0.4 is 14.8 Å². The van der Waals surface area contributed by atoms with E-state index in [9.17, 15) is 9.59 Å². The maximum absolute atomic E-state index is 13.0. The lowest BCUT2D eigenvalue weighted by atomic mass is 10.1. The van der Waals surface area contributed by atoms with Crippen molar-refractivity contribution < 1.29 is 25.2 Å². The number of likely N-dealkylation sites (tertiary alicyclic amines) is 1. The van der Waals surface area contributed by atoms with Crippen molar-refractivity contribution in [2.45, 2.75) is 38.3 Å². The maximum Gasteiger partial charge on any atom is 0.291 e. The number of nitrogens with one attached hydrogen (secondary N) is 1. The van der Waals surface area contributed by atoms with Gasteiger partial charge in [0.2, 0.25) is 12.1 Å². The van der Waals surface area contributed by atoms with Gasteiger partial charge in [-0.3, -0.25) is 9.59 Å². The molecule has 2 atom stereocenters. The van der Waals surface area contributed by atoms with Crippen LogP contribution in [0.2, 0.25) is 0 Å². The smallest absolute Gasteiger partial charge is 0.291 e. The fraction of sp³-hybridized carbons (Fsp3) is 0.312. The van der Waals surface area contributed by atoms with Gasteiger partial charge in [0, 0.05) is 13.5 Å². The van der Waals surface area contributed by atoms with Crippen molar-refractivity contribution in [1.29, 1.82) is 0 Å². The molecule has 1 N–H and O–H groups in total. The second kappa shape index (κ2) is 13.1. The highest BCUT2D eigenvalue weighted by Crippen LogP contribution is 2.29. The van der Waals surface area contributed by atoms with Crippen molar-refractivity contribution in [3.63, 3.8) is 0 Å². The van der Waals surface area contributed by atoms with Crippen LogP contribution in [0.5, 0.6) is 11.5 Å². The van der Waals surface area contributed by atoms with E-state index in [4.69, 9.17) is 9.47 Å². The quantitative estimate of drug-likeness (QED) is 0.388. The molecule has 0 radical (unpaired) electrons. The minimum atomic E-state index is -0.365. The molecule has 0 bridgehead atoms. The zero-order valence-corrected chi connectivity index (χ0v) is 22.7. The Morgan fingerprint density at radius 3 is 2.65 bits per heavy atom. The number of aryl methyl sites for hydroxylation is 1. The lowest BCUT2D eigenvalue weighted by molar-refractivity contribution is -0.515. The largest absolute Gasteiger partial charge is 0.492 e. The summed E-state index contributed by atoms with van der Waals surface area (Å²) in [6.45, 7) is 3.68. The number of ether oxygens (including phenoxy) is 2. The van der Waals surface area contributed by atoms with E-state index in [2.05, 4.69) is 10.4 Å². The number of carbonyl (C=O) groups excluding carboxylic acids is 2. The summed E-state index contributed by atoms with van der Waals surface area (Å²) in [5.41, 5.74) is 3.23. The summed E-state index contributed by atoms with van der Waals surface area (Å²) in [5, 5.41) is 7.22. The Labute approximate surface area is 236 Å². The van der Waals surface area contributed by atoms with Crippen LogP contribution in [-0.2, 0) is 9.59 Å². The van der Waals surface area contributed by atoms with E-state index < -0.39 is 0 Å². The monoisotopic (exact) mass is 541 g/mol. The molecule has 1 fully saturated rings. The first-order valence-electron chi connectivity index (χ1n) is 13.8. The molecular formula is C32H37N4O4+. The zero-order chi connectivity index (χ0) is 27.7. The van der Waals surface area contributed by atoms with Crippen molar-refractivity contribution in [1.82, 2.24) is 10.2 Å². The van der Waals surface area contributed by atoms with E-state index in [1.54, 1.807) is 17.1 Å². The molecule has 0 saturated carbocycles. The number of benzene rings is 3. The summed E-state index contributed by atoms with van der Waals surface area (Å²) < 4.78 is 13.6. The van der Waals surface area contributed by atoms with Crippen LogP contribution in [0.1, 0.15) is 26.3 Å². The highest BCUT2D eigenvalue weighted by Gasteiger charge is 2.29. The van der Waals surface area contributed by atoms with Gasteiger partial charge in [-0.05, 0) is 48.6 Å². The van der Waals surface area contributed by atoms with Crippen molar-refractivity contribution in [3.8, 4) is 22.6 Å². The Bertz CT molecular complexity index is 1380. The molecule has 208 valence electrons. The molecule has 2 aliphatic rings. The second-order valence-electron chi connectivity index (χ2n) is 10.1. The van der Waals surface area contributed by atoms with Crippen LogP contribution in [0.15, 0.2) is 84.0 Å². The van der Waals surface area contributed by atoms with Crippen molar-refractivity contribution in [2.24, 2.45) is 5.10 Å². The molecule has 0 aliphatic carbocycles. The number of para-hydroxylation sites is 1. The van der Waals surface area contributed by atoms with Gasteiger partial charge < -0.3 is 19.7 Å². The predicted molar refractivity (Wildman–Crippen MR) is 157 cm³/mol. The molecule has 40 heavy (non-hydrogen) atoms. The normalized spacial score (nSPS) is 18.2. The third-order valence-electron chi connectivity index (χ3n) is 6.95. The molecule has 0 aromatic heterocycles. The van der Waals surface area contributed by atoms with Crippen LogP contribution in [0, 0.1) is 6.92 Å². The van der Waals surface area contributed by atoms with Gasteiger partial charge in [-0.25, -0.2) is 0 Å². The first-order valence-corrected chi connectivity index (χ1v) is 13.8. The number of piperidine rings is 1. The van der Waals surface area contributed by atoms with Gasteiger partial charge in [-0.15, -0.1) is 0 Å². The molecule has 1 saturated heterocycles. The van der Waals surface area contributed by atoms with E-state index in [0.717, 1.165) is 35.5 Å².